The third-order valence-corrected chi connectivity index (χ3v) is 3.87. The number of imidazole rings is 1. The Morgan fingerprint density at radius 3 is 2.38 bits per heavy atom. The van der Waals surface area contributed by atoms with E-state index < -0.39 is 0 Å². The lowest BCUT2D eigenvalue weighted by atomic mass is 10.1. The fourth-order valence-electron chi connectivity index (χ4n) is 2.63. The quantitative estimate of drug-likeness (QED) is 0.625. The fourth-order valence-corrected chi connectivity index (χ4v) is 2.63. The first-order valence-electron chi connectivity index (χ1n) is 7.80. The zero-order valence-corrected chi connectivity index (χ0v) is 14.6. The molecule has 0 fully saturated rings. The van der Waals surface area contributed by atoms with Gasteiger partial charge in [-0.2, -0.15) is 0 Å². The van der Waals surface area contributed by atoms with E-state index in [4.69, 9.17) is 19.3 Å². The number of ether oxygens (including phenoxy) is 3. The second-order valence-corrected chi connectivity index (χ2v) is 5.44. The highest BCUT2D eigenvalue weighted by atomic mass is 16.5. The van der Waals surface area contributed by atoms with Gasteiger partial charge in [-0.15, -0.1) is 0 Å². The molecule has 0 aliphatic carbocycles. The van der Waals surface area contributed by atoms with Crippen molar-refractivity contribution >= 4 is 22.6 Å². The maximum absolute atomic E-state index is 12.6. The lowest BCUT2D eigenvalue weighted by Gasteiger charge is -2.14. The van der Waals surface area contributed by atoms with Gasteiger partial charge in [0.2, 0.25) is 5.75 Å². The van der Waals surface area contributed by atoms with Gasteiger partial charge in [-0.3, -0.25) is 4.79 Å². The highest BCUT2D eigenvalue weighted by Gasteiger charge is 2.17. The van der Waals surface area contributed by atoms with Crippen molar-refractivity contribution in [1.82, 2.24) is 9.97 Å². The van der Waals surface area contributed by atoms with Crippen LogP contribution in [-0.4, -0.2) is 42.3 Å². The van der Waals surface area contributed by atoms with Crippen LogP contribution in [0.1, 0.15) is 16.2 Å². The first-order chi connectivity index (χ1) is 12.6. The Kier molecular flexibility index (Phi) is 4.94. The molecular formula is C18H19N3O5. The number of methoxy groups -OCH3 is 3. The maximum atomic E-state index is 12.6. The highest BCUT2D eigenvalue weighted by molar-refractivity contribution is 6.05. The van der Waals surface area contributed by atoms with Crippen LogP contribution >= 0.6 is 0 Å². The van der Waals surface area contributed by atoms with Crippen molar-refractivity contribution in [2.45, 2.75) is 6.61 Å². The summed E-state index contributed by atoms with van der Waals surface area (Å²) in [4.78, 5) is 19.8. The molecule has 1 aromatic heterocycles. The van der Waals surface area contributed by atoms with E-state index in [0.29, 0.717) is 39.8 Å². The van der Waals surface area contributed by atoms with Gasteiger partial charge in [-0.05, 0) is 30.3 Å². The minimum Gasteiger partial charge on any atom is -0.493 e. The standard InChI is InChI=1S/C18H19N3O5/c1-24-14-6-10(7-15(25-2)17(14)26-3)18(23)19-11-4-5-12-13(8-11)21-16(9-22)20-12/h4-8,22H,9H2,1-3H3,(H,19,23)(H,20,21). The van der Waals surface area contributed by atoms with Crippen LogP contribution in [0.4, 0.5) is 5.69 Å². The molecule has 0 saturated carbocycles. The summed E-state index contributed by atoms with van der Waals surface area (Å²) < 4.78 is 15.8. The minimum absolute atomic E-state index is 0.179. The second kappa shape index (κ2) is 7.32. The maximum Gasteiger partial charge on any atom is 0.255 e. The number of carbonyl (C=O) groups excluding carboxylic acids is 1. The average Bonchev–Trinajstić information content (AvgIpc) is 3.09. The van der Waals surface area contributed by atoms with Crippen molar-refractivity contribution in [2.24, 2.45) is 0 Å². The van der Waals surface area contributed by atoms with Gasteiger partial charge in [-0.1, -0.05) is 0 Å². The number of aromatic amines is 1. The lowest BCUT2D eigenvalue weighted by Crippen LogP contribution is -2.12. The summed E-state index contributed by atoms with van der Waals surface area (Å²) in [5.41, 5.74) is 2.38. The smallest absolute Gasteiger partial charge is 0.255 e. The van der Waals surface area contributed by atoms with Gasteiger partial charge in [0.25, 0.3) is 5.91 Å². The van der Waals surface area contributed by atoms with Crippen LogP contribution < -0.4 is 19.5 Å². The van der Waals surface area contributed by atoms with E-state index >= 15 is 0 Å². The molecule has 3 rings (SSSR count). The number of nitrogens with one attached hydrogen (secondary N) is 2. The number of amides is 1. The Hall–Kier alpha value is -3.26. The molecule has 0 saturated heterocycles. The minimum atomic E-state index is -0.328. The van der Waals surface area contributed by atoms with E-state index in [1.54, 1.807) is 30.3 Å². The number of carbonyl (C=O) groups is 1. The van der Waals surface area contributed by atoms with Gasteiger partial charge < -0.3 is 29.6 Å². The second-order valence-electron chi connectivity index (χ2n) is 5.44. The summed E-state index contributed by atoms with van der Waals surface area (Å²) in [5.74, 6) is 1.35. The van der Waals surface area contributed by atoms with Crippen molar-refractivity contribution in [3.63, 3.8) is 0 Å². The Balaban J connectivity index is 1.90. The van der Waals surface area contributed by atoms with Crippen LogP contribution in [0.2, 0.25) is 0 Å². The molecule has 0 aliphatic rings. The third-order valence-electron chi connectivity index (χ3n) is 3.87. The van der Waals surface area contributed by atoms with Crippen molar-refractivity contribution in [2.75, 3.05) is 26.6 Å². The number of nitrogens with zero attached hydrogens (tertiary/aromatic N) is 1. The van der Waals surface area contributed by atoms with Crippen molar-refractivity contribution in [1.29, 1.82) is 0 Å². The molecule has 0 atom stereocenters. The van der Waals surface area contributed by atoms with Crippen LogP contribution in [0.5, 0.6) is 17.2 Å². The molecule has 0 spiro atoms. The van der Waals surface area contributed by atoms with Crippen LogP contribution in [0.3, 0.4) is 0 Å². The summed E-state index contributed by atoms with van der Waals surface area (Å²) in [6, 6.07) is 8.40. The molecular weight excluding hydrogens is 338 g/mol. The predicted molar refractivity (Wildman–Crippen MR) is 96.1 cm³/mol. The van der Waals surface area contributed by atoms with E-state index in [9.17, 15) is 4.79 Å². The molecule has 8 heteroatoms. The molecule has 0 bridgehead atoms. The number of aliphatic hydroxyl groups is 1. The van der Waals surface area contributed by atoms with E-state index in [-0.39, 0.29) is 12.5 Å². The third kappa shape index (κ3) is 3.27. The Morgan fingerprint density at radius 1 is 1.12 bits per heavy atom. The molecule has 1 amide bonds. The number of aromatic nitrogens is 2. The van der Waals surface area contributed by atoms with E-state index in [2.05, 4.69) is 15.3 Å². The van der Waals surface area contributed by atoms with E-state index in [1.165, 1.54) is 21.3 Å². The van der Waals surface area contributed by atoms with Crippen molar-refractivity contribution in [3.05, 3.63) is 41.7 Å². The van der Waals surface area contributed by atoms with Crippen LogP contribution in [0, 0.1) is 0 Å². The summed E-state index contributed by atoms with van der Waals surface area (Å²) in [7, 11) is 4.48. The molecule has 2 aromatic carbocycles. The van der Waals surface area contributed by atoms with Gasteiger partial charge >= 0.3 is 0 Å². The topological polar surface area (TPSA) is 106 Å². The number of aliphatic hydroxyl groups excluding tert-OH is 1. The summed E-state index contributed by atoms with van der Waals surface area (Å²) in [6.07, 6.45) is 0. The Bertz CT molecular complexity index is 926. The Morgan fingerprint density at radius 2 is 1.81 bits per heavy atom. The molecule has 0 aliphatic heterocycles. The van der Waals surface area contributed by atoms with Gasteiger partial charge in [0.05, 0.1) is 32.4 Å². The highest BCUT2D eigenvalue weighted by Crippen LogP contribution is 2.38. The zero-order chi connectivity index (χ0) is 18.7. The lowest BCUT2D eigenvalue weighted by molar-refractivity contribution is 0.102. The molecule has 0 unspecified atom stereocenters. The fraction of sp³-hybridized carbons (Fsp3) is 0.222. The van der Waals surface area contributed by atoms with Gasteiger partial charge in [0.15, 0.2) is 11.5 Å². The summed E-state index contributed by atoms with van der Waals surface area (Å²) in [5, 5.41) is 12.0. The predicted octanol–water partition coefficient (Wildman–Crippen LogP) is 2.33. The van der Waals surface area contributed by atoms with Gasteiger partial charge in [-0.25, -0.2) is 4.98 Å². The zero-order valence-electron chi connectivity index (χ0n) is 14.6. The largest absolute Gasteiger partial charge is 0.493 e. The SMILES string of the molecule is COc1cc(C(=O)Nc2ccc3nc(CO)[nH]c3c2)cc(OC)c1OC. The molecule has 1 heterocycles. The number of rotatable bonds is 6. The molecule has 136 valence electrons. The molecule has 3 N–H and O–H groups in total. The number of hydrogen-bond donors (Lipinski definition) is 3. The number of H-pyrrole nitrogens is 1. The molecule has 8 nitrogen and oxygen atoms in total. The molecule has 26 heavy (non-hydrogen) atoms. The number of hydrogen-bond acceptors (Lipinski definition) is 6. The monoisotopic (exact) mass is 357 g/mol. The van der Waals surface area contributed by atoms with Crippen LogP contribution in [-0.2, 0) is 6.61 Å². The van der Waals surface area contributed by atoms with Crippen molar-refractivity contribution < 1.29 is 24.1 Å². The summed E-state index contributed by atoms with van der Waals surface area (Å²) in [6.45, 7) is -0.179. The molecule has 3 aromatic rings. The average molecular weight is 357 g/mol. The van der Waals surface area contributed by atoms with Crippen LogP contribution in [0.25, 0.3) is 11.0 Å². The van der Waals surface area contributed by atoms with E-state index in [1.807, 2.05) is 0 Å². The number of benzene rings is 2. The van der Waals surface area contributed by atoms with Crippen LogP contribution in [0.15, 0.2) is 30.3 Å². The summed E-state index contributed by atoms with van der Waals surface area (Å²) >= 11 is 0. The van der Waals surface area contributed by atoms with E-state index in [0.717, 1.165) is 5.52 Å². The first-order valence-corrected chi connectivity index (χ1v) is 7.80. The normalized spacial score (nSPS) is 10.6. The van der Waals surface area contributed by atoms with Gasteiger partial charge in [0.1, 0.15) is 12.4 Å². The molecule has 0 radical (unpaired) electrons. The first kappa shape index (κ1) is 17.6. The van der Waals surface area contributed by atoms with Crippen molar-refractivity contribution in [3.8, 4) is 17.2 Å². The number of anilines is 1. The van der Waals surface area contributed by atoms with Gasteiger partial charge in [0, 0.05) is 11.3 Å². The Labute approximate surface area is 149 Å². The number of fused-ring (bicyclic) bond motifs is 1.